The van der Waals surface area contributed by atoms with Crippen LogP contribution >= 0.6 is 0 Å². The van der Waals surface area contributed by atoms with Gasteiger partial charge in [-0.25, -0.2) is 0 Å². The number of carbonyl (C=O) groups excluding carboxylic acids is 2. The summed E-state index contributed by atoms with van der Waals surface area (Å²) in [7, 11) is 0. The predicted octanol–water partition coefficient (Wildman–Crippen LogP) is 6.27. The van der Waals surface area contributed by atoms with Crippen LogP contribution in [0.25, 0.3) is 23.8 Å². The summed E-state index contributed by atoms with van der Waals surface area (Å²) in [5, 5.41) is 0. The number of nitrogens with zero attached hydrogens (tertiary/aromatic N) is 1. The van der Waals surface area contributed by atoms with Crippen molar-refractivity contribution >= 4 is 56.0 Å². The van der Waals surface area contributed by atoms with Gasteiger partial charge in [-0.2, -0.15) is 0 Å². The molecule has 1 N–H and O–H groups in total. The van der Waals surface area contributed by atoms with Crippen molar-refractivity contribution in [2.75, 3.05) is 13.2 Å². The van der Waals surface area contributed by atoms with E-state index in [0.717, 1.165) is 28.4 Å². The molecule has 0 atom stereocenters. The van der Waals surface area contributed by atoms with Crippen molar-refractivity contribution in [2.24, 2.45) is 4.99 Å². The van der Waals surface area contributed by atoms with E-state index >= 15 is 0 Å². The molecular weight excluding hydrogens is 575 g/mol. The fourth-order valence-electron chi connectivity index (χ4n) is 3.93. The molecule has 4 aromatic heterocycles. The van der Waals surface area contributed by atoms with E-state index in [0.29, 0.717) is 18.1 Å². The number of aromatic nitrogens is 1. The number of esters is 2. The SMILES string of the molecule is CCOC(=O)c1ccc(/C=C/C2=NC(=C(\c3ccc(/C=C/c4ccc(C(=O)OCC)o4)[nH]3)c3ccc[se]3)/C=C2)o1. The summed E-state index contributed by atoms with van der Waals surface area (Å²) in [6.45, 7) is 4.08. The Balaban J connectivity index is 1.36. The van der Waals surface area contributed by atoms with E-state index in [1.807, 2.05) is 36.4 Å². The van der Waals surface area contributed by atoms with Gasteiger partial charge in [0.05, 0.1) is 13.2 Å². The maximum absolute atomic E-state index is 11.8. The number of furan rings is 2. The van der Waals surface area contributed by atoms with Gasteiger partial charge in [0.25, 0.3) is 0 Å². The topological polar surface area (TPSA) is 107 Å². The molecule has 1 aliphatic heterocycles. The third kappa shape index (κ3) is 6.34. The zero-order valence-corrected chi connectivity index (χ0v) is 23.6. The minimum absolute atomic E-state index is 0.166. The molecule has 0 aliphatic carbocycles. The fraction of sp³-hybridized carbons (Fsp3) is 0.129. The standard InChI is InChI=1S/C31H26N2O6Se/c1-3-36-30(34)26-17-13-22(38-26)11-7-20-9-15-24(32-20)29(28-6-5-19-40-28)25-16-10-21(33-25)8-12-23-14-18-27(39-23)31(35)37-4-2/h5-19,32H,3-4H2,1-2H3/b11-7+,12-8+,29-25+. The van der Waals surface area contributed by atoms with Crippen LogP contribution in [0.4, 0.5) is 0 Å². The van der Waals surface area contributed by atoms with Gasteiger partial charge < -0.3 is 0 Å². The van der Waals surface area contributed by atoms with Crippen LogP contribution in [0.5, 0.6) is 0 Å². The summed E-state index contributed by atoms with van der Waals surface area (Å²) >= 11 is 0.195. The monoisotopic (exact) mass is 602 g/mol. The fourth-order valence-corrected chi connectivity index (χ4v) is 5.60. The number of hydrogen-bond acceptors (Lipinski definition) is 7. The number of hydrogen-bond donors (Lipinski definition) is 1. The van der Waals surface area contributed by atoms with Gasteiger partial charge in [0, 0.05) is 0 Å². The van der Waals surface area contributed by atoms with Crippen LogP contribution in [-0.2, 0) is 9.47 Å². The van der Waals surface area contributed by atoms with E-state index < -0.39 is 11.9 Å². The number of aliphatic imine (C=N–C) groups is 1. The van der Waals surface area contributed by atoms with E-state index in [1.165, 1.54) is 4.44 Å². The first-order valence-corrected chi connectivity index (χ1v) is 14.5. The molecule has 5 heterocycles. The molecule has 8 nitrogen and oxygen atoms in total. The van der Waals surface area contributed by atoms with Gasteiger partial charge in [-0.15, -0.1) is 0 Å². The van der Waals surface area contributed by atoms with Crippen molar-refractivity contribution in [3.05, 3.63) is 116 Å². The molecule has 202 valence electrons. The van der Waals surface area contributed by atoms with Crippen molar-refractivity contribution in [2.45, 2.75) is 13.8 Å². The first-order chi connectivity index (χ1) is 19.5. The van der Waals surface area contributed by atoms with Crippen LogP contribution < -0.4 is 0 Å². The Morgan fingerprint density at radius 3 is 2.15 bits per heavy atom. The van der Waals surface area contributed by atoms with Gasteiger partial charge in [0.2, 0.25) is 0 Å². The number of rotatable bonds is 10. The van der Waals surface area contributed by atoms with E-state index in [2.05, 4.69) is 22.1 Å². The quantitative estimate of drug-likeness (QED) is 0.170. The Hall–Kier alpha value is -4.59. The van der Waals surface area contributed by atoms with Crippen molar-refractivity contribution in [3.8, 4) is 0 Å². The van der Waals surface area contributed by atoms with Gasteiger partial charge in [-0.05, 0) is 13.8 Å². The third-order valence-corrected chi connectivity index (χ3v) is 7.58. The van der Waals surface area contributed by atoms with Crippen LogP contribution in [-0.4, -0.2) is 50.4 Å². The second-order valence-corrected chi connectivity index (χ2v) is 10.4. The Labute approximate surface area is 236 Å². The zero-order chi connectivity index (χ0) is 27.9. The van der Waals surface area contributed by atoms with Gasteiger partial charge >= 0.3 is 210 Å². The summed E-state index contributed by atoms with van der Waals surface area (Å²) in [5.74, 6) is 0.459. The minimum atomic E-state index is -0.485. The normalized spacial score (nSPS) is 14.3. The van der Waals surface area contributed by atoms with E-state index in [9.17, 15) is 9.59 Å². The van der Waals surface area contributed by atoms with Crippen LogP contribution in [0.15, 0.2) is 91.2 Å². The van der Waals surface area contributed by atoms with Crippen molar-refractivity contribution < 1.29 is 27.9 Å². The Morgan fingerprint density at radius 1 is 0.850 bits per heavy atom. The Bertz CT molecular complexity index is 1660. The molecular formula is C31H26N2O6Se. The van der Waals surface area contributed by atoms with Gasteiger partial charge in [-0.1, -0.05) is 0 Å². The molecule has 0 spiro atoms. The molecule has 0 aromatic carbocycles. The average Bonchev–Trinajstić information content (AvgIpc) is 3.79. The molecule has 9 heteroatoms. The summed E-state index contributed by atoms with van der Waals surface area (Å²) in [6.07, 6.45) is 11.2. The number of ether oxygens (including phenoxy) is 2. The Morgan fingerprint density at radius 2 is 1.52 bits per heavy atom. The second kappa shape index (κ2) is 12.5. The van der Waals surface area contributed by atoms with E-state index in [4.69, 9.17) is 23.3 Å². The molecule has 0 unspecified atom stereocenters. The van der Waals surface area contributed by atoms with Crippen molar-refractivity contribution in [3.63, 3.8) is 0 Å². The molecule has 5 rings (SSSR count). The molecule has 0 saturated heterocycles. The first kappa shape index (κ1) is 27.0. The predicted molar refractivity (Wildman–Crippen MR) is 154 cm³/mol. The van der Waals surface area contributed by atoms with E-state index in [-0.39, 0.29) is 32.6 Å². The molecule has 0 saturated carbocycles. The number of nitrogens with one attached hydrogen (secondary N) is 1. The van der Waals surface area contributed by atoms with Crippen molar-refractivity contribution in [1.82, 2.24) is 4.98 Å². The molecule has 0 bridgehead atoms. The summed E-state index contributed by atoms with van der Waals surface area (Å²) in [6, 6.07) is 14.8. The molecule has 0 radical (unpaired) electrons. The van der Waals surface area contributed by atoms with Crippen molar-refractivity contribution in [1.29, 1.82) is 0 Å². The molecule has 4 aromatic rings. The maximum atomic E-state index is 11.8. The van der Waals surface area contributed by atoms with Crippen LogP contribution in [0.3, 0.4) is 0 Å². The number of carbonyl (C=O) groups is 2. The summed E-state index contributed by atoms with van der Waals surface area (Å²) in [5.41, 5.74) is 4.48. The summed E-state index contributed by atoms with van der Waals surface area (Å²) in [4.78, 5) is 34.2. The van der Waals surface area contributed by atoms with Crippen LogP contribution in [0.2, 0.25) is 0 Å². The third-order valence-electron chi connectivity index (χ3n) is 5.72. The first-order valence-electron chi connectivity index (χ1n) is 12.7. The van der Waals surface area contributed by atoms with Gasteiger partial charge in [-0.3, -0.25) is 0 Å². The number of allylic oxidation sites excluding steroid dienone is 3. The number of H-pyrrole nitrogens is 1. The van der Waals surface area contributed by atoms with Gasteiger partial charge in [0.15, 0.2) is 0 Å². The molecule has 0 fully saturated rings. The molecule has 1 aliphatic rings. The number of aromatic amines is 1. The van der Waals surface area contributed by atoms with Gasteiger partial charge in [0.1, 0.15) is 0 Å². The van der Waals surface area contributed by atoms with Crippen LogP contribution in [0.1, 0.15) is 62.3 Å². The molecule has 0 amide bonds. The zero-order valence-electron chi connectivity index (χ0n) is 21.9. The van der Waals surface area contributed by atoms with E-state index in [1.54, 1.807) is 50.3 Å². The Kier molecular flexibility index (Phi) is 8.44. The molecule has 40 heavy (non-hydrogen) atoms. The average molecular weight is 602 g/mol. The summed E-state index contributed by atoms with van der Waals surface area (Å²) < 4.78 is 22.3. The van der Waals surface area contributed by atoms with Crippen LogP contribution in [0, 0.1) is 0 Å². The second-order valence-electron chi connectivity index (χ2n) is 8.45.